The van der Waals surface area contributed by atoms with E-state index in [2.05, 4.69) is 19.1 Å². The third kappa shape index (κ3) is 27.5. The van der Waals surface area contributed by atoms with Crippen LogP contribution in [0.15, 0.2) is 24.3 Å². The van der Waals surface area contributed by atoms with Crippen LogP contribution in [0, 0.1) is 0 Å². The molecule has 0 aliphatic rings. The summed E-state index contributed by atoms with van der Waals surface area (Å²) < 4.78 is 55.6. The number of rotatable bonds is 34. The molecule has 246 valence electrons. The van der Waals surface area contributed by atoms with Crippen molar-refractivity contribution in [3.63, 3.8) is 0 Å². The second kappa shape index (κ2) is 32.6. The number of hydrogen-bond donors (Lipinski definition) is 0. The molecule has 1 aromatic carbocycles. The van der Waals surface area contributed by atoms with Gasteiger partial charge in [-0.1, -0.05) is 76.8 Å². The standard InChI is InChI=1S/C33H59FO8/c1-2-3-4-5-6-7-8-9-10-11-17-42-33-14-12-32(13-15-33)31-41-30-29-40-28-27-39-26-25-38-24-23-37-22-21-36-20-19-35-18-16-34/h12-15H,2-11,16-31H2,1H3/i34-1. The zero-order valence-electron chi connectivity index (χ0n) is 26.3. The highest BCUT2D eigenvalue weighted by atomic mass is 18.2. The summed E-state index contributed by atoms with van der Waals surface area (Å²) in [7, 11) is 0. The molecule has 1 aromatic rings. The van der Waals surface area contributed by atoms with Crippen molar-refractivity contribution in [3.8, 4) is 5.75 Å². The molecule has 0 saturated carbocycles. The molecule has 0 unspecified atom stereocenters. The van der Waals surface area contributed by atoms with E-state index in [0.29, 0.717) is 85.9 Å². The summed E-state index contributed by atoms with van der Waals surface area (Å²) in [6.45, 7) is 9.23. The van der Waals surface area contributed by atoms with E-state index in [1.54, 1.807) is 0 Å². The molecule has 0 N–H and O–H groups in total. The van der Waals surface area contributed by atoms with Crippen LogP contribution in [0.2, 0.25) is 0 Å². The smallest absolute Gasteiger partial charge is 0.119 e. The highest BCUT2D eigenvalue weighted by molar-refractivity contribution is 5.26. The quantitative estimate of drug-likeness (QED) is 0.0822. The molecule has 0 aliphatic carbocycles. The zero-order valence-corrected chi connectivity index (χ0v) is 26.3. The Balaban J connectivity index is 1.78. The Hall–Kier alpha value is -1.33. The molecule has 9 heteroatoms. The first kappa shape index (κ1) is 38.7. The summed E-state index contributed by atoms with van der Waals surface area (Å²) >= 11 is 0. The van der Waals surface area contributed by atoms with E-state index in [-0.39, 0.29) is 6.61 Å². The summed E-state index contributed by atoms with van der Waals surface area (Å²) in [6.07, 6.45) is 13.3. The molecule has 0 amide bonds. The maximum absolute atomic E-state index is 11.8. The van der Waals surface area contributed by atoms with E-state index in [1.165, 1.54) is 57.8 Å². The second-order valence-electron chi connectivity index (χ2n) is 10.1. The largest absolute Gasteiger partial charge is 0.494 e. The first-order valence-electron chi connectivity index (χ1n) is 16.2. The molecule has 0 radical (unpaired) electrons. The number of ether oxygens (including phenoxy) is 8. The van der Waals surface area contributed by atoms with Crippen LogP contribution >= 0.6 is 0 Å². The molecule has 0 aliphatic heterocycles. The molecular weight excluding hydrogens is 542 g/mol. The molecule has 42 heavy (non-hydrogen) atoms. The summed E-state index contributed by atoms with van der Waals surface area (Å²) in [5, 5.41) is 0. The fourth-order valence-corrected chi connectivity index (χ4v) is 4.03. The van der Waals surface area contributed by atoms with Gasteiger partial charge in [0.05, 0.1) is 99.1 Å². The lowest BCUT2D eigenvalue weighted by molar-refractivity contribution is -0.0214. The molecule has 0 saturated heterocycles. The minimum absolute atomic E-state index is 0.120. The van der Waals surface area contributed by atoms with Crippen molar-refractivity contribution in [2.24, 2.45) is 0 Å². The lowest BCUT2D eigenvalue weighted by atomic mass is 10.1. The Morgan fingerprint density at radius 1 is 0.429 bits per heavy atom. The second-order valence-corrected chi connectivity index (χ2v) is 10.1. The van der Waals surface area contributed by atoms with Crippen molar-refractivity contribution in [3.05, 3.63) is 29.8 Å². The molecular formula is C33H59FO8. The molecule has 0 atom stereocenters. The molecule has 0 bridgehead atoms. The third-order valence-corrected chi connectivity index (χ3v) is 6.41. The van der Waals surface area contributed by atoms with Crippen LogP contribution in [-0.4, -0.2) is 99.2 Å². The SMILES string of the molecule is CCCCCCCCCCCCOc1ccc(COCCOCCOCCOCCOCCOCCOCC[18F])cc1. The van der Waals surface area contributed by atoms with Gasteiger partial charge in [0.25, 0.3) is 0 Å². The van der Waals surface area contributed by atoms with E-state index in [1.807, 2.05) is 12.1 Å². The van der Waals surface area contributed by atoms with E-state index >= 15 is 0 Å². The van der Waals surface area contributed by atoms with E-state index in [9.17, 15) is 4.39 Å². The first-order chi connectivity index (χ1) is 20.9. The van der Waals surface area contributed by atoms with Gasteiger partial charge in [-0.25, -0.2) is 4.39 Å². The molecule has 0 aromatic heterocycles. The Bertz CT molecular complexity index is 649. The van der Waals surface area contributed by atoms with E-state index in [0.717, 1.165) is 24.3 Å². The first-order valence-corrected chi connectivity index (χ1v) is 16.2. The van der Waals surface area contributed by atoms with Crippen LogP contribution in [-0.2, 0) is 39.8 Å². The van der Waals surface area contributed by atoms with E-state index < -0.39 is 6.67 Å². The molecule has 1 rings (SSSR count). The number of hydrogen-bond acceptors (Lipinski definition) is 8. The maximum atomic E-state index is 11.8. The van der Waals surface area contributed by atoms with Crippen molar-refractivity contribution >= 4 is 0 Å². The minimum Gasteiger partial charge on any atom is -0.494 e. The van der Waals surface area contributed by atoms with Crippen LogP contribution in [0.25, 0.3) is 0 Å². The van der Waals surface area contributed by atoms with E-state index in [4.69, 9.17) is 37.9 Å². The number of halogens is 1. The van der Waals surface area contributed by atoms with Crippen molar-refractivity contribution in [2.75, 3.05) is 99.2 Å². The number of benzene rings is 1. The minimum atomic E-state index is -0.468. The summed E-state index contributed by atoms with van der Waals surface area (Å²) in [4.78, 5) is 0. The van der Waals surface area contributed by atoms with Crippen LogP contribution in [0.3, 0.4) is 0 Å². The highest BCUT2D eigenvalue weighted by Gasteiger charge is 1.99. The van der Waals surface area contributed by atoms with Gasteiger partial charge in [-0.15, -0.1) is 0 Å². The number of alkyl halides is 1. The predicted octanol–water partition coefficient (Wildman–Crippen LogP) is 6.57. The lowest BCUT2D eigenvalue weighted by Crippen LogP contribution is -2.14. The fraction of sp³-hybridized carbons (Fsp3) is 0.818. The highest BCUT2D eigenvalue weighted by Crippen LogP contribution is 2.14. The number of unbranched alkanes of at least 4 members (excludes halogenated alkanes) is 9. The van der Waals surface area contributed by atoms with Gasteiger partial charge in [0, 0.05) is 0 Å². The normalized spacial score (nSPS) is 11.4. The van der Waals surface area contributed by atoms with Crippen LogP contribution < -0.4 is 4.74 Å². The summed E-state index contributed by atoms with van der Waals surface area (Å²) in [5.74, 6) is 0.924. The van der Waals surface area contributed by atoms with Gasteiger partial charge in [0.1, 0.15) is 12.4 Å². The third-order valence-electron chi connectivity index (χ3n) is 6.41. The van der Waals surface area contributed by atoms with Crippen molar-refractivity contribution in [1.82, 2.24) is 0 Å². The fourth-order valence-electron chi connectivity index (χ4n) is 4.03. The summed E-state index contributed by atoms with van der Waals surface area (Å²) in [5.41, 5.74) is 1.13. The van der Waals surface area contributed by atoms with Crippen LogP contribution in [0.5, 0.6) is 5.75 Å². The topological polar surface area (TPSA) is 73.8 Å². The van der Waals surface area contributed by atoms with Gasteiger partial charge >= 0.3 is 0 Å². The zero-order chi connectivity index (χ0) is 30.0. The van der Waals surface area contributed by atoms with Gasteiger partial charge in [-0.3, -0.25) is 0 Å². The molecule has 0 fully saturated rings. The van der Waals surface area contributed by atoms with Gasteiger partial charge in [0.2, 0.25) is 0 Å². The Morgan fingerprint density at radius 3 is 1.24 bits per heavy atom. The molecule has 0 spiro atoms. The Kier molecular flexibility index (Phi) is 30.0. The summed E-state index contributed by atoms with van der Waals surface area (Å²) in [6, 6.07) is 8.16. The van der Waals surface area contributed by atoms with Crippen molar-refractivity contribution < 1.29 is 42.3 Å². The van der Waals surface area contributed by atoms with Gasteiger partial charge < -0.3 is 37.9 Å². The van der Waals surface area contributed by atoms with Crippen molar-refractivity contribution in [2.45, 2.75) is 77.7 Å². The van der Waals surface area contributed by atoms with Crippen LogP contribution in [0.1, 0.15) is 76.7 Å². The Morgan fingerprint density at radius 2 is 0.810 bits per heavy atom. The van der Waals surface area contributed by atoms with Gasteiger partial charge in [-0.05, 0) is 24.1 Å². The average molecular weight is 602 g/mol. The van der Waals surface area contributed by atoms with Crippen molar-refractivity contribution in [1.29, 1.82) is 0 Å². The van der Waals surface area contributed by atoms with Crippen LogP contribution in [0.4, 0.5) is 4.39 Å². The average Bonchev–Trinajstić information content (AvgIpc) is 3.01. The van der Waals surface area contributed by atoms with Gasteiger partial charge in [-0.2, -0.15) is 0 Å². The predicted molar refractivity (Wildman–Crippen MR) is 164 cm³/mol. The Labute approximate surface area is 254 Å². The maximum Gasteiger partial charge on any atom is 0.119 e. The molecule has 8 nitrogen and oxygen atoms in total. The monoisotopic (exact) mass is 601 g/mol. The van der Waals surface area contributed by atoms with Gasteiger partial charge in [0.15, 0.2) is 0 Å². The molecule has 0 heterocycles. The lowest BCUT2D eigenvalue weighted by Gasteiger charge is -2.09.